The molecule has 0 aromatic heterocycles. The molecule has 4 unspecified atom stereocenters. The Bertz CT molecular complexity index is 430. The summed E-state index contributed by atoms with van der Waals surface area (Å²) < 4.78 is 6.08. The molecule has 2 aliphatic heterocycles. The lowest BCUT2D eigenvalue weighted by atomic mass is 9.54. The van der Waals surface area contributed by atoms with Gasteiger partial charge in [-0.3, -0.25) is 4.99 Å². The quantitative estimate of drug-likeness (QED) is 0.605. The average Bonchev–Trinajstić information content (AvgIpc) is 3.20. The first kappa shape index (κ1) is 15.1. The molecule has 0 radical (unpaired) electrons. The predicted molar refractivity (Wildman–Crippen MR) is 92.5 cm³/mol. The Morgan fingerprint density at radius 3 is 2.77 bits per heavy atom. The lowest BCUT2D eigenvalue weighted by Crippen LogP contribution is -2.69. The summed E-state index contributed by atoms with van der Waals surface area (Å²) in [5.74, 6) is 4.26. The van der Waals surface area contributed by atoms with Gasteiger partial charge >= 0.3 is 0 Å². The number of nitrogens with zero attached hydrogens (tertiary/aromatic N) is 1. The fraction of sp³-hybridized carbons (Fsp3) is 0.941. The summed E-state index contributed by atoms with van der Waals surface area (Å²) in [6.07, 6.45) is 9.76. The van der Waals surface area contributed by atoms with Gasteiger partial charge in [0, 0.05) is 42.8 Å². The van der Waals surface area contributed by atoms with Crippen LogP contribution in [0, 0.1) is 11.3 Å². The number of ether oxygens (including phenoxy) is 1. The van der Waals surface area contributed by atoms with Gasteiger partial charge in [0.2, 0.25) is 0 Å². The van der Waals surface area contributed by atoms with Gasteiger partial charge in [-0.05, 0) is 37.9 Å². The van der Waals surface area contributed by atoms with Crippen molar-refractivity contribution in [3.63, 3.8) is 0 Å². The smallest absolute Gasteiger partial charge is 0.191 e. The summed E-state index contributed by atoms with van der Waals surface area (Å²) in [5, 5.41) is 7.47. The van der Waals surface area contributed by atoms with E-state index in [1.807, 2.05) is 7.05 Å². The van der Waals surface area contributed by atoms with Crippen LogP contribution in [0.1, 0.15) is 44.9 Å². The topological polar surface area (TPSA) is 45.7 Å². The summed E-state index contributed by atoms with van der Waals surface area (Å²) >= 11 is 2.06. The monoisotopic (exact) mass is 323 g/mol. The van der Waals surface area contributed by atoms with Crippen molar-refractivity contribution in [1.82, 2.24) is 10.6 Å². The normalized spacial score (nSPS) is 40.3. The van der Waals surface area contributed by atoms with Gasteiger partial charge in [-0.2, -0.15) is 11.8 Å². The first-order chi connectivity index (χ1) is 10.8. The van der Waals surface area contributed by atoms with Crippen molar-refractivity contribution in [2.24, 2.45) is 16.3 Å². The third kappa shape index (κ3) is 2.44. The van der Waals surface area contributed by atoms with Crippen LogP contribution < -0.4 is 10.6 Å². The summed E-state index contributed by atoms with van der Waals surface area (Å²) in [6, 6.07) is 1.16. The average molecular weight is 324 g/mol. The van der Waals surface area contributed by atoms with Gasteiger partial charge in [-0.1, -0.05) is 12.8 Å². The van der Waals surface area contributed by atoms with Crippen molar-refractivity contribution < 1.29 is 4.74 Å². The van der Waals surface area contributed by atoms with Crippen LogP contribution in [0.4, 0.5) is 0 Å². The molecule has 1 spiro atoms. The van der Waals surface area contributed by atoms with E-state index in [4.69, 9.17) is 4.74 Å². The molecule has 5 heteroatoms. The Morgan fingerprint density at radius 2 is 2.05 bits per heavy atom. The molecular weight excluding hydrogens is 294 g/mol. The minimum absolute atomic E-state index is 0.403. The van der Waals surface area contributed by atoms with Crippen LogP contribution in [0.15, 0.2) is 4.99 Å². The van der Waals surface area contributed by atoms with Crippen LogP contribution in [-0.4, -0.2) is 49.3 Å². The van der Waals surface area contributed by atoms with Crippen LogP contribution in [0.5, 0.6) is 0 Å². The van der Waals surface area contributed by atoms with E-state index >= 15 is 0 Å². The highest BCUT2D eigenvalue weighted by molar-refractivity contribution is 7.99. The van der Waals surface area contributed by atoms with E-state index in [1.54, 1.807) is 0 Å². The lowest BCUT2D eigenvalue weighted by Gasteiger charge is -2.57. The fourth-order valence-electron chi connectivity index (χ4n) is 5.27. The first-order valence-corrected chi connectivity index (χ1v) is 10.2. The molecule has 0 aromatic carbocycles. The molecule has 2 aliphatic carbocycles. The van der Waals surface area contributed by atoms with Gasteiger partial charge in [-0.25, -0.2) is 0 Å². The van der Waals surface area contributed by atoms with Crippen molar-refractivity contribution >= 4 is 17.7 Å². The van der Waals surface area contributed by atoms with E-state index in [-0.39, 0.29) is 0 Å². The summed E-state index contributed by atoms with van der Waals surface area (Å²) in [6.45, 7) is 0.959. The number of hydrogen-bond donors (Lipinski definition) is 2. The Hall–Kier alpha value is -0.420. The Labute approximate surface area is 138 Å². The highest BCUT2D eigenvalue weighted by Crippen LogP contribution is 2.60. The minimum atomic E-state index is 0.403. The van der Waals surface area contributed by atoms with E-state index in [1.165, 1.54) is 56.5 Å². The maximum Gasteiger partial charge on any atom is 0.191 e. The van der Waals surface area contributed by atoms with Gasteiger partial charge in [0.25, 0.3) is 0 Å². The molecule has 22 heavy (non-hydrogen) atoms. The van der Waals surface area contributed by atoms with Crippen LogP contribution >= 0.6 is 11.8 Å². The standard InChI is InChI=1S/C17H29N3OS/c1-18-16(19-12-5-4-10-22-11-12)20-14-13-6-9-21-15(13)17(14)7-2-3-8-17/h12-15H,2-11H2,1H3,(H2,18,19,20). The summed E-state index contributed by atoms with van der Waals surface area (Å²) in [7, 11) is 1.91. The van der Waals surface area contributed by atoms with Crippen molar-refractivity contribution in [3.8, 4) is 0 Å². The molecule has 4 rings (SSSR count). The number of rotatable bonds is 2. The molecule has 4 atom stereocenters. The largest absolute Gasteiger partial charge is 0.377 e. The molecule has 2 saturated heterocycles. The van der Waals surface area contributed by atoms with E-state index in [0.717, 1.165) is 12.6 Å². The molecule has 0 bridgehead atoms. The zero-order valence-electron chi connectivity index (χ0n) is 13.6. The SMILES string of the molecule is CN=C(NC1CCCSC1)NC1C2CCOC2C12CCCC2. The molecule has 2 N–H and O–H groups in total. The van der Waals surface area contributed by atoms with E-state index in [2.05, 4.69) is 27.4 Å². The zero-order valence-corrected chi connectivity index (χ0v) is 14.5. The highest BCUT2D eigenvalue weighted by Gasteiger charge is 2.65. The maximum atomic E-state index is 6.08. The van der Waals surface area contributed by atoms with Crippen LogP contribution in [0.25, 0.3) is 0 Å². The summed E-state index contributed by atoms with van der Waals surface area (Å²) in [4.78, 5) is 4.52. The van der Waals surface area contributed by atoms with Crippen LogP contribution in [-0.2, 0) is 4.74 Å². The molecule has 2 heterocycles. The molecule has 4 fully saturated rings. The van der Waals surface area contributed by atoms with E-state index in [0.29, 0.717) is 29.5 Å². The number of thioether (sulfide) groups is 1. The summed E-state index contributed by atoms with van der Waals surface area (Å²) in [5.41, 5.74) is 0.403. The Morgan fingerprint density at radius 1 is 1.18 bits per heavy atom. The van der Waals surface area contributed by atoms with Gasteiger partial charge in [0.1, 0.15) is 0 Å². The van der Waals surface area contributed by atoms with Gasteiger partial charge in [0.05, 0.1) is 6.10 Å². The molecule has 2 saturated carbocycles. The third-order valence-corrected chi connectivity index (χ3v) is 7.52. The molecule has 4 nitrogen and oxygen atoms in total. The maximum absolute atomic E-state index is 6.08. The second-order valence-electron chi connectivity index (χ2n) is 7.44. The van der Waals surface area contributed by atoms with Crippen molar-refractivity contribution in [1.29, 1.82) is 0 Å². The zero-order chi connectivity index (χ0) is 15.0. The second-order valence-corrected chi connectivity index (χ2v) is 8.59. The second kappa shape index (κ2) is 6.23. The molecule has 124 valence electrons. The molecule has 0 amide bonds. The van der Waals surface area contributed by atoms with E-state index < -0.39 is 0 Å². The number of aliphatic imine (C=N–C) groups is 1. The van der Waals surface area contributed by atoms with Crippen molar-refractivity contribution in [2.45, 2.75) is 63.1 Å². The van der Waals surface area contributed by atoms with Crippen molar-refractivity contribution in [3.05, 3.63) is 0 Å². The van der Waals surface area contributed by atoms with Crippen molar-refractivity contribution in [2.75, 3.05) is 25.2 Å². The van der Waals surface area contributed by atoms with Crippen LogP contribution in [0.2, 0.25) is 0 Å². The highest BCUT2D eigenvalue weighted by atomic mass is 32.2. The van der Waals surface area contributed by atoms with Gasteiger partial charge in [0.15, 0.2) is 5.96 Å². The van der Waals surface area contributed by atoms with Gasteiger partial charge < -0.3 is 15.4 Å². The number of hydrogen-bond acceptors (Lipinski definition) is 3. The Kier molecular flexibility index (Phi) is 4.29. The van der Waals surface area contributed by atoms with E-state index in [9.17, 15) is 0 Å². The first-order valence-electron chi connectivity index (χ1n) is 9.03. The van der Waals surface area contributed by atoms with Crippen LogP contribution in [0.3, 0.4) is 0 Å². The predicted octanol–water partition coefficient (Wildman–Crippen LogP) is 2.39. The number of fused-ring (bicyclic) bond motifs is 2. The third-order valence-electron chi connectivity index (χ3n) is 6.30. The fourth-order valence-corrected chi connectivity index (χ4v) is 6.34. The number of guanidine groups is 1. The minimum Gasteiger partial charge on any atom is -0.377 e. The Balaban J connectivity index is 1.42. The number of nitrogens with one attached hydrogen (secondary N) is 2. The molecule has 4 aliphatic rings. The lowest BCUT2D eigenvalue weighted by molar-refractivity contribution is -0.125. The molecule has 0 aromatic rings. The van der Waals surface area contributed by atoms with Gasteiger partial charge in [-0.15, -0.1) is 0 Å². The molecular formula is C17H29N3OS.